The zero-order chi connectivity index (χ0) is 14.0. The molecule has 2 nitrogen and oxygen atoms in total. The third-order valence-electron chi connectivity index (χ3n) is 3.29. The lowest BCUT2D eigenvalue weighted by atomic mass is 10.0. The van der Waals surface area contributed by atoms with Crippen molar-refractivity contribution < 1.29 is 0 Å². The average molecular weight is 252 g/mol. The smallest absolute Gasteiger partial charge is 0.135 e. The molecule has 0 amide bonds. The Hall–Kier alpha value is -2.09. The molecule has 0 saturated heterocycles. The van der Waals surface area contributed by atoms with Crippen molar-refractivity contribution in [2.75, 3.05) is 11.9 Å². The number of allylic oxidation sites excluding steroid dienone is 1. The van der Waals surface area contributed by atoms with Gasteiger partial charge in [0.05, 0.1) is 0 Å². The van der Waals surface area contributed by atoms with Crippen molar-refractivity contribution in [1.29, 1.82) is 0 Å². The monoisotopic (exact) mass is 252 g/mol. The highest BCUT2D eigenvalue weighted by Crippen LogP contribution is 2.25. The predicted molar refractivity (Wildman–Crippen MR) is 82.4 cm³/mol. The van der Waals surface area contributed by atoms with Gasteiger partial charge in [-0.15, -0.1) is 0 Å². The van der Waals surface area contributed by atoms with Crippen LogP contribution in [0.1, 0.15) is 18.1 Å². The first-order chi connectivity index (χ1) is 8.99. The zero-order valence-electron chi connectivity index (χ0n) is 12.1. The Morgan fingerprint density at radius 3 is 2.47 bits per heavy atom. The van der Waals surface area contributed by atoms with Gasteiger partial charge in [0.1, 0.15) is 5.82 Å². The van der Waals surface area contributed by atoms with Crippen LogP contribution >= 0.6 is 0 Å². The Labute approximate surface area is 115 Å². The number of hydrogen-bond acceptors (Lipinski definition) is 2. The zero-order valence-corrected chi connectivity index (χ0v) is 12.1. The van der Waals surface area contributed by atoms with E-state index in [2.05, 4.69) is 55.7 Å². The lowest BCUT2D eigenvalue weighted by molar-refractivity contribution is 1.03. The largest absolute Gasteiger partial charge is 0.334 e. The number of pyridine rings is 1. The van der Waals surface area contributed by atoms with E-state index < -0.39 is 0 Å². The molecule has 0 spiro atoms. The van der Waals surface area contributed by atoms with Crippen molar-refractivity contribution in [3.05, 3.63) is 59.9 Å². The molecule has 0 radical (unpaired) electrons. The van der Waals surface area contributed by atoms with Crippen molar-refractivity contribution in [1.82, 2.24) is 4.98 Å². The van der Waals surface area contributed by atoms with Crippen LogP contribution in [0.15, 0.2) is 48.8 Å². The van der Waals surface area contributed by atoms with E-state index in [1.54, 1.807) is 0 Å². The first-order valence-corrected chi connectivity index (χ1v) is 6.42. The summed E-state index contributed by atoms with van der Waals surface area (Å²) in [5, 5.41) is 0. The molecule has 0 bridgehead atoms. The molecule has 0 atom stereocenters. The van der Waals surface area contributed by atoms with Crippen LogP contribution in [0.3, 0.4) is 0 Å². The van der Waals surface area contributed by atoms with Gasteiger partial charge in [0.15, 0.2) is 0 Å². The first-order valence-electron chi connectivity index (χ1n) is 6.42. The molecular weight excluding hydrogens is 232 g/mol. The summed E-state index contributed by atoms with van der Waals surface area (Å²) in [6.07, 6.45) is 1.93. The van der Waals surface area contributed by atoms with Crippen LogP contribution in [0.2, 0.25) is 0 Å². The second kappa shape index (κ2) is 5.27. The SMILES string of the molecule is C=C(C)N(C)c1ncc(-c2cccc(C)c2)cc1C. The molecule has 0 aliphatic heterocycles. The van der Waals surface area contributed by atoms with E-state index >= 15 is 0 Å². The molecule has 1 aromatic carbocycles. The highest BCUT2D eigenvalue weighted by Gasteiger charge is 2.08. The van der Waals surface area contributed by atoms with E-state index in [4.69, 9.17) is 0 Å². The second-order valence-corrected chi connectivity index (χ2v) is 5.03. The highest BCUT2D eigenvalue weighted by molar-refractivity contribution is 5.67. The number of benzene rings is 1. The van der Waals surface area contributed by atoms with Crippen LogP contribution in [0, 0.1) is 13.8 Å². The van der Waals surface area contributed by atoms with E-state index in [0.717, 1.165) is 22.6 Å². The van der Waals surface area contributed by atoms with Crippen molar-refractivity contribution in [3.63, 3.8) is 0 Å². The first kappa shape index (κ1) is 13.3. The summed E-state index contributed by atoms with van der Waals surface area (Å²) in [6.45, 7) is 10.1. The Bertz CT molecular complexity index is 614. The van der Waals surface area contributed by atoms with Gasteiger partial charge in [0, 0.05) is 24.5 Å². The summed E-state index contributed by atoms with van der Waals surface area (Å²) < 4.78 is 0. The quantitative estimate of drug-likeness (QED) is 0.808. The van der Waals surface area contributed by atoms with Gasteiger partial charge in [-0.3, -0.25) is 0 Å². The molecule has 2 aromatic rings. The van der Waals surface area contributed by atoms with Gasteiger partial charge in [0.25, 0.3) is 0 Å². The molecule has 98 valence electrons. The number of aromatic nitrogens is 1. The Balaban J connectivity index is 2.42. The summed E-state index contributed by atoms with van der Waals surface area (Å²) in [7, 11) is 1.99. The van der Waals surface area contributed by atoms with Gasteiger partial charge >= 0.3 is 0 Å². The highest BCUT2D eigenvalue weighted by atomic mass is 15.2. The van der Waals surface area contributed by atoms with E-state index in [1.807, 2.05) is 25.1 Å². The van der Waals surface area contributed by atoms with Gasteiger partial charge in [-0.2, -0.15) is 0 Å². The van der Waals surface area contributed by atoms with Gasteiger partial charge in [-0.1, -0.05) is 36.4 Å². The van der Waals surface area contributed by atoms with Gasteiger partial charge in [-0.05, 0) is 38.0 Å². The summed E-state index contributed by atoms with van der Waals surface area (Å²) in [6, 6.07) is 10.7. The van der Waals surface area contributed by atoms with Crippen LogP contribution in [0.5, 0.6) is 0 Å². The fraction of sp³-hybridized carbons (Fsp3) is 0.235. The van der Waals surface area contributed by atoms with Crippen LogP contribution in [-0.2, 0) is 0 Å². The van der Waals surface area contributed by atoms with Crippen molar-refractivity contribution >= 4 is 5.82 Å². The number of aryl methyl sites for hydroxylation is 2. The van der Waals surface area contributed by atoms with Crippen molar-refractivity contribution in [2.24, 2.45) is 0 Å². The molecule has 0 fully saturated rings. The molecule has 0 unspecified atom stereocenters. The molecule has 2 heteroatoms. The topological polar surface area (TPSA) is 16.1 Å². The van der Waals surface area contributed by atoms with E-state index in [-0.39, 0.29) is 0 Å². The van der Waals surface area contributed by atoms with Gasteiger partial charge in [-0.25, -0.2) is 4.98 Å². The fourth-order valence-electron chi connectivity index (χ4n) is 2.08. The normalized spacial score (nSPS) is 10.3. The number of rotatable bonds is 3. The van der Waals surface area contributed by atoms with Gasteiger partial charge < -0.3 is 4.90 Å². The van der Waals surface area contributed by atoms with Crippen LogP contribution in [-0.4, -0.2) is 12.0 Å². The maximum absolute atomic E-state index is 4.57. The molecule has 0 aliphatic carbocycles. The van der Waals surface area contributed by atoms with Crippen LogP contribution in [0.4, 0.5) is 5.82 Å². The van der Waals surface area contributed by atoms with E-state index in [0.29, 0.717) is 0 Å². The molecule has 1 aromatic heterocycles. The van der Waals surface area contributed by atoms with E-state index in [9.17, 15) is 0 Å². The van der Waals surface area contributed by atoms with Crippen molar-refractivity contribution in [2.45, 2.75) is 20.8 Å². The molecule has 0 saturated carbocycles. The summed E-state index contributed by atoms with van der Waals surface area (Å²) in [5.41, 5.74) is 5.77. The fourth-order valence-corrected chi connectivity index (χ4v) is 2.08. The van der Waals surface area contributed by atoms with E-state index in [1.165, 1.54) is 11.1 Å². The number of hydrogen-bond donors (Lipinski definition) is 0. The van der Waals surface area contributed by atoms with Crippen LogP contribution in [0.25, 0.3) is 11.1 Å². The second-order valence-electron chi connectivity index (χ2n) is 5.03. The molecule has 2 rings (SSSR count). The number of anilines is 1. The number of nitrogens with zero attached hydrogens (tertiary/aromatic N) is 2. The van der Waals surface area contributed by atoms with Crippen molar-refractivity contribution in [3.8, 4) is 11.1 Å². The Morgan fingerprint density at radius 1 is 1.16 bits per heavy atom. The predicted octanol–water partition coefficient (Wildman–Crippen LogP) is 4.34. The molecule has 0 N–H and O–H groups in total. The third kappa shape index (κ3) is 2.84. The Morgan fingerprint density at radius 2 is 1.89 bits per heavy atom. The minimum absolute atomic E-state index is 0.962. The minimum Gasteiger partial charge on any atom is -0.334 e. The lowest BCUT2D eigenvalue weighted by Crippen LogP contribution is -2.15. The molecule has 0 aliphatic rings. The summed E-state index contributed by atoms with van der Waals surface area (Å²) in [5.74, 6) is 0.962. The van der Waals surface area contributed by atoms with Crippen LogP contribution < -0.4 is 4.90 Å². The lowest BCUT2D eigenvalue weighted by Gasteiger charge is -2.20. The molecule has 1 heterocycles. The Kier molecular flexibility index (Phi) is 3.70. The van der Waals surface area contributed by atoms with Gasteiger partial charge in [0.2, 0.25) is 0 Å². The molecule has 19 heavy (non-hydrogen) atoms. The molecular formula is C17H20N2. The minimum atomic E-state index is 0.962. The average Bonchev–Trinajstić information content (AvgIpc) is 2.37. The summed E-state index contributed by atoms with van der Waals surface area (Å²) in [4.78, 5) is 6.58. The third-order valence-corrected chi connectivity index (χ3v) is 3.29. The summed E-state index contributed by atoms with van der Waals surface area (Å²) >= 11 is 0. The maximum Gasteiger partial charge on any atom is 0.135 e. The standard InChI is InChI=1S/C17H20N2/c1-12(2)19(5)17-14(4)10-16(11-18-17)15-8-6-7-13(3)9-15/h6-11H,1H2,2-5H3. The maximum atomic E-state index is 4.57.